The van der Waals surface area contributed by atoms with Crippen molar-refractivity contribution in [1.82, 2.24) is 5.32 Å². The fourth-order valence-corrected chi connectivity index (χ4v) is 3.17. The van der Waals surface area contributed by atoms with Gasteiger partial charge in [-0.25, -0.2) is 4.79 Å². The van der Waals surface area contributed by atoms with E-state index in [0.717, 1.165) is 11.3 Å². The molecule has 26 heavy (non-hydrogen) atoms. The Morgan fingerprint density at radius 2 is 1.85 bits per heavy atom. The van der Waals surface area contributed by atoms with Crippen LogP contribution in [0.2, 0.25) is 10.0 Å². The molecule has 1 aliphatic rings. The molecule has 0 unspecified atom stereocenters. The number of anilines is 2. The normalized spacial score (nSPS) is 16.7. The number of carbonyl (C=O) groups excluding carboxylic acids is 2. The van der Waals surface area contributed by atoms with Crippen molar-refractivity contribution in [2.45, 2.75) is 26.3 Å². The molecule has 2 aromatic carbocycles. The third-order valence-corrected chi connectivity index (χ3v) is 5.18. The van der Waals surface area contributed by atoms with Gasteiger partial charge < -0.3 is 15.5 Å². The highest BCUT2D eigenvalue weighted by molar-refractivity contribution is 6.42. The molecule has 1 saturated heterocycles. The molecule has 1 heterocycles. The topological polar surface area (TPSA) is 61.4 Å². The second kappa shape index (κ2) is 7.56. The first-order valence-corrected chi connectivity index (χ1v) is 8.99. The van der Waals surface area contributed by atoms with E-state index >= 15 is 0 Å². The van der Waals surface area contributed by atoms with Gasteiger partial charge in [-0.3, -0.25) is 4.79 Å². The number of hydrogen-bond acceptors (Lipinski definition) is 2. The van der Waals surface area contributed by atoms with Crippen molar-refractivity contribution in [3.63, 3.8) is 0 Å². The molecule has 1 atom stereocenters. The number of amides is 3. The van der Waals surface area contributed by atoms with Gasteiger partial charge in [-0.15, -0.1) is 0 Å². The Morgan fingerprint density at radius 1 is 1.08 bits per heavy atom. The van der Waals surface area contributed by atoms with Gasteiger partial charge in [-0.1, -0.05) is 29.3 Å². The molecule has 5 nitrogen and oxygen atoms in total. The third-order valence-electron chi connectivity index (χ3n) is 4.44. The van der Waals surface area contributed by atoms with E-state index in [1.807, 2.05) is 32.0 Å². The smallest absolute Gasteiger partial charge is 0.319 e. The van der Waals surface area contributed by atoms with Gasteiger partial charge in [0.25, 0.3) is 0 Å². The minimum Gasteiger partial charge on any atom is -0.333 e. The summed E-state index contributed by atoms with van der Waals surface area (Å²) in [5.41, 5.74) is 3.69. The van der Waals surface area contributed by atoms with Crippen LogP contribution in [0.1, 0.15) is 17.5 Å². The summed E-state index contributed by atoms with van der Waals surface area (Å²) in [6.45, 7) is 4.48. The maximum absolute atomic E-state index is 12.3. The fraction of sp³-hybridized carbons (Fsp3) is 0.263. The van der Waals surface area contributed by atoms with Crippen LogP contribution in [0.3, 0.4) is 0 Å². The lowest BCUT2D eigenvalue weighted by Crippen LogP contribution is -2.39. The van der Waals surface area contributed by atoms with E-state index in [0.29, 0.717) is 22.3 Å². The Labute approximate surface area is 162 Å². The summed E-state index contributed by atoms with van der Waals surface area (Å²) in [5.74, 6) is -0.00640. The molecule has 0 radical (unpaired) electrons. The second-order valence-electron chi connectivity index (χ2n) is 6.40. The largest absolute Gasteiger partial charge is 0.333 e. The lowest BCUT2D eigenvalue weighted by atomic mass is 10.1. The van der Waals surface area contributed by atoms with E-state index in [4.69, 9.17) is 23.2 Å². The number of urea groups is 1. The summed E-state index contributed by atoms with van der Waals surface area (Å²) in [6.07, 6.45) is 0.266. The predicted molar refractivity (Wildman–Crippen MR) is 105 cm³/mol. The summed E-state index contributed by atoms with van der Waals surface area (Å²) >= 11 is 11.8. The van der Waals surface area contributed by atoms with Gasteiger partial charge in [0.15, 0.2) is 0 Å². The first kappa shape index (κ1) is 18.5. The molecule has 0 aliphatic carbocycles. The van der Waals surface area contributed by atoms with E-state index in [9.17, 15) is 9.59 Å². The van der Waals surface area contributed by atoms with Crippen LogP contribution < -0.4 is 15.5 Å². The van der Waals surface area contributed by atoms with Crippen molar-refractivity contribution < 1.29 is 9.59 Å². The number of aryl methyl sites for hydroxylation is 2. The van der Waals surface area contributed by atoms with Crippen LogP contribution in [0.25, 0.3) is 0 Å². The zero-order chi connectivity index (χ0) is 18.8. The summed E-state index contributed by atoms with van der Waals surface area (Å²) in [6, 6.07) is 10.1. The lowest BCUT2D eigenvalue weighted by molar-refractivity contribution is -0.117. The number of carbonyl (C=O) groups is 2. The number of nitrogens with one attached hydrogen (secondary N) is 2. The Bertz CT molecular complexity index is 870. The van der Waals surface area contributed by atoms with E-state index in [1.54, 1.807) is 23.1 Å². The molecular formula is C19H19Cl2N3O2. The molecule has 1 aliphatic heterocycles. The molecular weight excluding hydrogens is 373 g/mol. The standard InChI is InChI=1S/C19H19Cl2N3O2/c1-11-3-5-15(7-12(11)2)24-10-14(9-18(24)25)23-19(26)22-13-4-6-16(20)17(21)8-13/h3-8,14H,9-10H2,1-2H3,(H2,22,23,26)/t14-/m0/s1. The number of rotatable bonds is 3. The highest BCUT2D eigenvalue weighted by Crippen LogP contribution is 2.26. The maximum atomic E-state index is 12.3. The van der Waals surface area contributed by atoms with Crippen molar-refractivity contribution in [1.29, 1.82) is 0 Å². The van der Waals surface area contributed by atoms with Gasteiger partial charge in [-0.2, -0.15) is 0 Å². The van der Waals surface area contributed by atoms with Crippen LogP contribution in [0.5, 0.6) is 0 Å². The minimum absolute atomic E-state index is 0.00640. The number of benzene rings is 2. The van der Waals surface area contributed by atoms with Crippen LogP contribution >= 0.6 is 23.2 Å². The molecule has 3 rings (SSSR count). The average molecular weight is 392 g/mol. The van der Waals surface area contributed by atoms with E-state index < -0.39 is 0 Å². The first-order valence-electron chi connectivity index (χ1n) is 8.23. The van der Waals surface area contributed by atoms with Crippen molar-refractivity contribution in [2.75, 3.05) is 16.8 Å². The van der Waals surface area contributed by atoms with Crippen molar-refractivity contribution in [3.05, 3.63) is 57.6 Å². The zero-order valence-corrected chi connectivity index (χ0v) is 16.0. The number of hydrogen-bond donors (Lipinski definition) is 2. The van der Waals surface area contributed by atoms with Crippen LogP contribution in [-0.4, -0.2) is 24.5 Å². The third kappa shape index (κ3) is 4.11. The van der Waals surface area contributed by atoms with Gasteiger partial charge in [-0.05, 0) is 55.3 Å². The minimum atomic E-state index is -0.386. The van der Waals surface area contributed by atoms with Crippen LogP contribution in [-0.2, 0) is 4.79 Å². The molecule has 2 aromatic rings. The maximum Gasteiger partial charge on any atom is 0.319 e. The van der Waals surface area contributed by atoms with Crippen LogP contribution in [0.4, 0.5) is 16.2 Å². The van der Waals surface area contributed by atoms with E-state index in [2.05, 4.69) is 10.6 Å². The summed E-state index contributed by atoms with van der Waals surface area (Å²) in [4.78, 5) is 26.2. The van der Waals surface area contributed by atoms with Crippen LogP contribution in [0, 0.1) is 13.8 Å². The molecule has 3 amide bonds. The van der Waals surface area contributed by atoms with Gasteiger partial charge in [0.1, 0.15) is 0 Å². The van der Waals surface area contributed by atoms with Crippen LogP contribution in [0.15, 0.2) is 36.4 Å². The Hall–Kier alpha value is -2.24. The highest BCUT2D eigenvalue weighted by Gasteiger charge is 2.31. The number of nitrogens with zero attached hydrogens (tertiary/aromatic N) is 1. The second-order valence-corrected chi connectivity index (χ2v) is 7.22. The Balaban J connectivity index is 1.62. The number of halogens is 2. The Kier molecular flexibility index (Phi) is 5.39. The first-order chi connectivity index (χ1) is 12.3. The molecule has 0 bridgehead atoms. The van der Waals surface area contributed by atoms with E-state index in [-0.39, 0.29) is 24.4 Å². The SMILES string of the molecule is Cc1ccc(N2C[C@@H](NC(=O)Nc3ccc(Cl)c(Cl)c3)CC2=O)cc1C. The van der Waals surface area contributed by atoms with E-state index in [1.165, 1.54) is 5.56 Å². The molecule has 0 aromatic heterocycles. The monoisotopic (exact) mass is 391 g/mol. The van der Waals surface area contributed by atoms with Crippen molar-refractivity contribution in [2.24, 2.45) is 0 Å². The van der Waals surface area contributed by atoms with Gasteiger partial charge in [0.05, 0.1) is 16.1 Å². The Morgan fingerprint density at radius 3 is 2.54 bits per heavy atom. The molecule has 1 fully saturated rings. The lowest BCUT2D eigenvalue weighted by Gasteiger charge is -2.18. The molecule has 136 valence electrons. The highest BCUT2D eigenvalue weighted by atomic mass is 35.5. The molecule has 0 spiro atoms. The quantitative estimate of drug-likeness (QED) is 0.806. The fourth-order valence-electron chi connectivity index (χ4n) is 2.87. The van der Waals surface area contributed by atoms with Crippen molar-refractivity contribution >= 4 is 46.5 Å². The molecule has 7 heteroatoms. The molecule has 0 saturated carbocycles. The summed E-state index contributed by atoms with van der Waals surface area (Å²) in [5, 5.41) is 6.31. The van der Waals surface area contributed by atoms with Gasteiger partial charge in [0.2, 0.25) is 5.91 Å². The zero-order valence-electron chi connectivity index (χ0n) is 14.5. The van der Waals surface area contributed by atoms with Crippen molar-refractivity contribution in [3.8, 4) is 0 Å². The summed E-state index contributed by atoms with van der Waals surface area (Å²) < 4.78 is 0. The van der Waals surface area contributed by atoms with Gasteiger partial charge >= 0.3 is 6.03 Å². The average Bonchev–Trinajstić information content (AvgIpc) is 2.93. The van der Waals surface area contributed by atoms with Gasteiger partial charge in [0, 0.05) is 24.3 Å². The predicted octanol–water partition coefficient (Wildman–Crippen LogP) is 4.54. The molecule has 2 N–H and O–H groups in total. The summed E-state index contributed by atoms with van der Waals surface area (Å²) in [7, 11) is 0.